The lowest BCUT2D eigenvalue weighted by atomic mass is 10.6. The Morgan fingerprint density at radius 2 is 1.62 bits per heavy atom. The SMILES string of the molecule is NC1[C@H]2OCCO[C@H]12. The van der Waals surface area contributed by atoms with Crippen molar-refractivity contribution in [3.05, 3.63) is 0 Å². The van der Waals surface area contributed by atoms with E-state index < -0.39 is 0 Å². The van der Waals surface area contributed by atoms with Gasteiger partial charge in [-0.25, -0.2) is 0 Å². The third kappa shape index (κ3) is 0.491. The highest BCUT2D eigenvalue weighted by atomic mass is 16.6. The maximum absolute atomic E-state index is 5.52. The Labute approximate surface area is 47.8 Å². The molecule has 1 heterocycles. The molecule has 0 amide bonds. The predicted octanol–water partition coefficient (Wildman–Crippen LogP) is -0.889. The summed E-state index contributed by atoms with van der Waals surface area (Å²) in [6.07, 6.45) is 0.451. The maximum atomic E-state index is 5.52. The molecule has 1 aliphatic carbocycles. The van der Waals surface area contributed by atoms with Crippen LogP contribution in [0.5, 0.6) is 0 Å². The van der Waals surface area contributed by atoms with E-state index in [1.165, 1.54) is 0 Å². The van der Waals surface area contributed by atoms with Crippen LogP contribution in [0.4, 0.5) is 0 Å². The lowest BCUT2D eigenvalue weighted by Gasteiger charge is -2.08. The number of fused-ring (bicyclic) bond motifs is 1. The van der Waals surface area contributed by atoms with E-state index in [0.29, 0.717) is 0 Å². The van der Waals surface area contributed by atoms with E-state index in [0.717, 1.165) is 13.2 Å². The molecule has 0 aromatic carbocycles. The average Bonchev–Trinajstić information content (AvgIpc) is 2.46. The monoisotopic (exact) mass is 115 g/mol. The largest absolute Gasteiger partial charge is 0.371 e. The van der Waals surface area contributed by atoms with Crippen molar-refractivity contribution in [3.8, 4) is 0 Å². The Balaban J connectivity index is 1.97. The summed E-state index contributed by atoms with van der Waals surface area (Å²) in [6.45, 7) is 1.43. The molecule has 0 bridgehead atoms. The Bertz CT molecular complexity index is 94.6. The van der Waals surface area contributed by atoms with Crippen LogP contribution in [0.15, 0.2) is 0 Å². The number of hydrogen-bond acceptors (Lipinski definition) is 3. The molecule has 3 heteroatoms. The van der Waals surface area contributed by atoms with Crippen molar-refractivity contribution in [3.63, 3.8) is 0 Å². The number of rotatable bonds is 0. The topological polar surface area (TPSA) is 44.5 Å². The highest BCUT2D eigenvalue weighted by Gasteiger charge is 2.52. The number of nitrogens with two attached hydrogens (primary N) is 1. The second-order valence-electron chi connectivity index (χ2n) is 2.25. The molecule has 2 rings (SSSR count). The molecule has 0 aromatic heterocycles. The minimum atomic E-state index is 0.164. The summed E-state index contributed by atoms with van der Waals surface area (Å²) >= 11 is 0. The summed E-state index contributed by atoms with van der Waals surface area (Å²) in [6, 6.07) is 0.164. The normalized spacial score (nSPS) is 52.9. The van der Waals surface area contributed by atoms with E-state index in [1.54, 1.807) is 0 Å². The van der Waals surface area contributed by atoms with Gasteiger partial charge in [-0.3, -0.25) is 0 Å². The standard InChI is InChI=1S/C5H9NO2/c6-3-4-5(3)8-2-1-7-4/h3-5H,1-2,6H2/t4-,5-/m1/s1. The second-order valence-corrected chi connectivity index (χ2v) is 2.25. The smallest absolute Gasteiger partial charge is 0.103 e. The van der Waals surface area contributed by atoms with E-state index in [2.05, 4.69) is 0 Å². The average molecular weight is 115 g/mol. The van der Waals surface area contributed by atoms with Gasteiger partial charge in [-0.2, -0.15) is 0 Å². The molecule has 1 aliphatic heterocycles. The van der Waals surface area contributed by atoms with Crippen molar-refractivity contribution in [2.75, 3.05) is 13.2 Å². The van der Waals surface area contributed by atoms with Gasteiger partial charge in [0.15, 0.2) is 0 Å². The molecule has 0 unspecified atom stereocenters. The minimum Gasteiger partial charge on any atom is -0.371 e. The summed E-state index contributed by atoms with van der Waals surface area (Å²) in [5, 5.41) is 0. The Kier molecular flexibility index (Phi) is 0.848. The van der Waals surface area contributed by atoms with Gasteiger partial charge in [0.2, 0.25) is 0 Å². The molecule has 2 atom stereocenters. The third-order valence-electron chi connectivity index (χ3n) is 1.65. The Morgan fingerprint density at radius 3 is 2.00 bits per heavy atom. The van der Waals surface area contributed by atoms with E-state index in [1.807, 2.05) is 0 Å². The first-order chi connectivity index (χ1) is 3.89. The van der Waals surface area contributed by atoms with Crippen LogP contribution in [0, 0.1) is 0 Å². The second kappa shape index (κ2) is 1.43. The van der Waals surface area contributed by atoms with Gasteiger partial charge in [-0.1, -0.05) is 0 Å². The van der Waals surface area contributed by atoms with Gasteiger partial charge in [0.05, 0.1) is 19.3 Å². The van der Waals surface area contributed by atoms with Crippen molar-refractivity contribution in [1.29, 1.82) is 0 Å². The molecule has 1 saturated carbocycles. The van der Waals surface area contributed by atoms with Crippen molar-refractivity contribution in [1.82, 2.24) is 0 Å². The quantitative estimate of drug-likeness (QED) is 0.445. The van der Waals surface area contributed by atoms with E-state index >= 15 is 0 Å². The van der Waals surface area contributed by atoms with E-state index in [4.69, 9.17) is 15.2 Å². The summed E-state index contributed by atoms with van der Waals surface area (Å²) in [7, 11) is 0. The van der Waals surface area contributed by atoms with Crippen LogP contribution < -0.4 is 5.73 Å². The number of hydrogen-bond donors (Lipinski definition) is 1. The van der Waals surface area contributed by atoms with Crippen LogP contribution >= 0.6 is 0 Å². The maximum Gasteiger partial charge on any atom is 0.103 e. The van der Waals surface area contributed by atoms with Crippen LogP contribution in [0.1, 0.15) is 0 Å². The third-order valence-corrected chi connectivity index (χ3v) is 1.65. The van der Waals surface area contributed by atoms with Crippen LogP contribution in [0.2, 0.25) is 0 Å². The highest BCUT2D eigenvalue weighted by Crippen LogP contribution is 2.30. The fraction of sp³-hybridized carbons (Fsp3) is 1.00. The van der Waals surface area contributed by atoms with E-state index in [9.17, 15) is 0 Å². The fourth-order valence-electron chi connectivity index (χ4n) is 1.06. The first-order valence-corrected chi connectivity index (χ1v) is 2.88. The van der Waals surface area contributed by atoms with Gasteiger partial charge >= 0.3 is 0 Å². The molecule has 2 N–H and O–H groups in total. The van der Waals surface area contributed by atoms with Gasteiger partial charge in [0.25, 0.3) is 0 Å². The fourth-order valence-corrected chi connectivity index (χ4v) is 1.06. The molecule has 46 valence electrons. The molecule has 2 aliphatic rings. The summed E-state index contributed by atoms with van der Waals surface area (Å²) < 4.78 is 10.4. The van der Waals surface area contributed by atoms with Crippen molar-refractivity contribution in [2.45, 2.75) is 18.2 Å². The molecule has 0 radical (unpaired) electrons. The number of ether oxygens (including phenoxy) is 2. The van der Waals surface area contributed by atoms with Gasteiger partial charge < -0.3 is 15.2 Å². The minimum absolute atomic E-state index is 0.164. The Hall–Kier alpha value is -0.120. The zero-order valence-corrected chi connectivity index (χ0v) is 4.54. The van der Waals surface area contributed by atoms with Gasteiger partial charge in [0.1, 0.15) is 12.2 Å². The lowest BCUT2D eigenvalue weighted by molar-refractivity contribution is -0.0376. The van der Waals surface area contributed by atoms with Crippen molar-refractivity contribution in [2.24, 2.45) is 5.73 Å². The molecule has 2 fully saturated rings. The van der Waals surface area contributed by atoms with Gasteiger partial charge in [-0.15, -0.1) is 0 Å². The first-order valence-electron chi connectivity index (χ1n) is 2.88. The molecule has 0 spiro atoms. The van der Waals surface area contributed by atoms with Crippen molar-refractivity contribution < 1.29 is 9.47 Å². The van der Waals surface area contributed by atoms with E-state index in [-0.39, 0.29) is 18.2 Å². The van der Waals surface area contributed by atoms with Crippen LogP contribution in [0.3, 0.4) is 0 Å². The lowest BCUT2D eigenvalue weighted by Crippen LogP contribution is -2.16. The molecular weight excluding hydrogens is 106 g/mol. The zero-order valence-electron chi connectivity index (χ0n) is 4.54. The zero-order chi connectivity index (χ0) is 5.56. The highest BCUT2D eigenvalue weighted by molar-refractivity contribution is 5.06. The van der Waals surface area contributed by atoms with Gasteiger partial charge in [-0.05, 0) is 0 Å². The molecule has 3 nitrogen and oxygen atoms in total. The predicted molar refractivity (Wildman–Crippen MR) is 27.5 cm³/mol. The van der Waals surface area contributed by atoms with Crippen LogP contribution in [0.25, 0.3) is 0 Å². The summed E-state index contributed by atoms with van der Waals surface area (Å²) in [4.78, 5) is 0. The molecule has 0 aromatic rings. The molecule has 1 saturated heterocycles. The molecule has 8 heavy (non-hydrogen) atoms. The summed E-state index contributed by atoms with van der Waals surface area (Å²) in [5.74, 6) is 0. The molecular formula is C5H9NO2. The summed E-state index contributed by atoms with van der Waals surface area (Å²) in [5.41, 5.74) is 5.52. The van der Waals surface area contributed by atoms with Crippen LogP contribution in [-0.2, 0) is 9.47 Å². The first kappa shape index (κ1) is 4.73. The van der Waals surface area contributed by atoms with Crippen molar-refractivity contribution >= 4 is 0 Å². The van der Waals surface area contributed by atoms with Crippen LogP contribution in [-0.4, -0.2) is 31.5 Å². The Morgan fingerprint density at radius 1 is 1.12 bits per heavy atom. The van der Waals surface area contributed by atoms with Gasteiger partial charge in [0, 0.05) is 0 Å².